The molecule has 0 aliphatic carbocycles. The molecular weight excluding hydrogens is 294 g/mol. The van der Waals surface area contributed by atoms with Crippen molar-refractivity contribution in [1.29, 1.82) is 0 Å². The van der Waals surface area contributed by atoms with Crippen LogP contribution in [0, 0.1) is 19.3 Å². The summed E-state index contributed by atoms with van der Waals surface area (Å²) in [6.45, 7) is 0.931. The molecule has 0 aromatic carbocycles. The van der Waals surface area contributed by atoms with E-state index in [-0.39, 0.29) is 6.42 Å². The zero-order valence-corrected chi connectivity index (χ0v) is 11.6. The number of hydrogen-bond donors (Lipinski definition) is 2. The van der Waals surface area contributed by atoms with Crippen LogP contribution < -0.4 is 11.2 Å². The Morgan fingerprint density at radius 3 is 3.09 bits per heavy atom. The van der Waals surface area contributed by atoms with Crippen molar-refractivity contribution in [3.63, 3.8) is 0 Å². The lowest BCUT2D eigenvalue weighted by molar-refractivity contribution is -0.106. The van der Waals surface area contributed by atoms with Crippen LogP contribution in [-0.4, -0.2) is 33.0 Å². The van der Waals surface area contributed by atoms with Gasteiger partial charge in [-0.3, -0.25) is 14.3 Å². The number of terminal acetylenes is 1. The van der Waals surface area contributed by atoms with Crippen molar-refractivity contribution in [2.45, 2.75) is 31.3 Å². The van der Waals surface area contributed by atoms with Crippen LogP contribution in [0.25, 0.3) is 10.4 Å². The minimum Gasteiger partial charge on any atom is -0.426 e. The number of rotatable bonds is 4. The maximum atomic E-state index is 11.9. The first-order valence-corrected chi connectivity index (χ1v) is 6.26. The van der Waals surface area contributed by atoms with Crippen LogP contribution in [0.5, 0.6) is 0 Å². The van der Waals surface area contributed by atoms with Crippen molar-refractivity contribution in [2.75, 3.05) is 6.61 Å². The van der Waals surface area contributed by atoms with Gasteiger partial charge in [-0.1, -0.05) is 5.92 Å². The molecule has 1 aromatic heterocycles. The highest BCUT2D eigenvalue weighted by atomic mass is 16.7. The second-order valence-electron chi connectivity index (χ2n) is 4.74. The van der Waals surface area contributed by atoms with Crippen molar-refractivity contribution in [1.82, 2.24) is 9.55 Å². The summed E-state index contributed by atoms with van der Waals surface area (Å²) in [4.78, 5) is 32.8. The number of H-pyrrole nitrogens is 1. The Morgan fingerprint density at radius 2 is 2.50 bits per heavy atom. The summed E-state index contributed by atoms with van der Waals surface area (Å²) >= 11 is 0. The minimum atomic E-state index is -1.55. The van der Waals surface area contributed by atoms with Crippen molar-refractivity contribution in [3.8, 4) is 12.3 Å². The van der Waals surface area contributed by atoms with Gasteiger partial charge in [0.25, 0.3) is 5.56 Å². The van der Waals surface area contributed by atoms with E-state index in [4.69, 9.17) is 21.5 Å². The molecule has 1 saturated heterocycles. The summed E-state index contributed by atoms with van der Waals surface area (Å²) in [7, 11) is 0. The fourth-order valence-corrected chi connectivity index (χ4v) is 2.23. The smallest absolute Gasteiger partial charge is 0.330 e. The molecule has 0 radical (unpaired) electrons. The third kappa shape index (κ3) is 2.56. The van der Waals surface area contributed by atoms with Crippen LogP contribution in [0.15, 0.2) is 21.1 Å². The number of aromatic amines is 1. The fourth-order valence-electron chi connectivity index (χ4n) is 2.23. The van der Waals surface area contributed by atoms with E-state index in [1.165, 1.54) is 13.1 Å². The van der Waals surface area contributed by atoms with Gasteiger partial charge in [-0.15, -0.1) is 6.42 Å². The average molecular weight is 307 g/mol. The Kier molecular flexibility index (Phi) is 4.23. The van der Waals surface area contributed by atoms with Gasteiger partial charge in [0.15, 0.2) is 11.7 Å². The summed E-state index contributed by atoms with van der Waals surface area (Å²) < 4.78 is 6.70. The predicted octanol–water partition coefficient (Wildman–Crippen LogP) is -0.261. The molecule has 1 fully saturated rings. The van der Waals surface area contributed by atoms with E-state index in [0.29, 0.717) is 5.56 Å². The second-order valence-corrected chi connectivity index (χ2v) is 4.74. The SMILES string of the molecule is C#C[C@]1(CO)O[C@@H](n2cc(C)c(=O)[nH]c2=O)CC1ON=[N+]=[N-]. The Bertz CT molecular complexity index is 771. The number of aliphatic hydroxyl groups excluding tert-OH is 1. The third-order valence-electron chi connectivity index (χ3n) is 3.43. The van der Waals surface area contributed by atoms with E-state index < -0.39 is 35.8 Å². The summed E-state index contributed by atoms with van der Waals surface area (Å²) in [5, 5.41) is 12.5. The van der Waals surface area contributed by atoms with Crippen LogP contribution in [0.2, 0.25) is 0 Å². The molecule has 0 saturated carbocycles. The van der Waals surface area contributed by atoms with Gasteiger partial charge in [-0.25, -0.2) is 4.79 Å². The van der Waals surface area contributed by atoms with Gasteiger partial charge in [0, 0.05) is 23.1 Å². The molecule has 2 N–H and O–H groups in total. The van der Waals surface area contributed by atoms with Gasteiger partial charge in [-0.05, 0) is 12.5 Å². The zero-order chi connectivity index (χ0) is 16.3. The van der Waals surface area contributed by atoms with Crippen molar-refractivity contribution < 1.29 is 14.7 Å². The van der Waals surface area contributed by atoms with Gasteiger partial charge in [0.05, 0.1) is 6.61 Å². The molecule has 1 unspecified atom stereocenters. The van der Waals surface area contributed by atoms with E-state index >= 15 is 0 Å². The van der Waals surface area contributed by atoms with Gasteiger partial charge >= 0.3 is 5.69 Å². The number of nitrogens with zero attached hydrogens (tertiary/aromatic N) is 4. The molecule has 10 nitrogen and oxygen atoms in total. The number of aryl methyl sites for hydroxylation is 1. The lowest BCUT2D eigenvalue weighted by Crippen LogP contribution is -2.42. The number of nitrogens with one attached hydrogen (secondary N) is 1. The van der Waals surface area contributed by atoms with E-state index in [2.05, 4.69) is 21.1 Å². The van der Waals surface area contributed by atoms with Crippen LogP contribution in [0.3, 0.4) is 0 Å². The van der Waals surface area contributed by atoms with Crippen LogP contribution >= 0.6 is 0 Å². The monoisotopic (exact) mass is 307 g/mol. The first-order chi connectivity index (χ1) is 10.5. The zero-order valence-electron chi connectivity index (χ0n) is 11.6. The molecule has 0 bridgehead atoms. The van der Waals surface area contributed by atoms with E-state index in [1.807, 2.05) is 0 Å². The fraction of sp³-hybridized carbons (Fsp3) is 0.500. The number of ether oxygens (including phenoxy) is 1. The van der Waals surface area contributed by atoms with Gasteiger partial charge in [-0.2, -0.15) is 0 Å². The molecular formula is C12H13N5O5. The highest BCUT2D eigenvalue weighted by Gasteiger charge is 2.50. The first kappa shape index (κ1) is 15.7. The highest BCUT2D eigenvalue weighted by Crippen LogP contribution is 2.37. The molecule has 3 atom stereocenters. The Hall–Kier alpha value is -2.73. The largest absolute Gasteiger partial charge is 0.426 e. The Labute approximate surface area is 123 Å². The average Bonchev–Trinajstić information content (AvgIpc) is 2.88. The lowest BCUT2D eigenvalue weighted by Gasteiger charge is -2.25. The molecule has 1 aliphatic rings. The molecule has 2 heterocycles. The summed E-state index contributed by atoms with van der Waals surface area (Å²) in [6, 6.07) is 0. The normalized spacial score (nSPS) is 27.0. The van der Waals surface area contributed by atoms with Gasteiger partial charge in [0.2, 0.25) is 0 Å². The molecule has 116 valence electrons. The quantitative estimate of drug-likeness (QED) is 0.259. The molecule has 10 heteroatoms. The standard InChI is InChI=1S/C12H13N5O5/c1-3-12(6-18)8(22-16-15-13)4-9(21-12)17-5-7(2)10(19)14-11(17)20/h1,5,8-9,18H,4,6H2,2H3,(H,14,19,20)/t8?,9-,12-/m1/s1. The number of azide groups is 1. The minimum absolute atomic E-state index is 0.0508. The van der Waals surface area contributed by atoms with E-state index in [1.54, 1.807) is 0 Å². The van der Waals surface area contributed by atoms with Crippen molar-refractivity contribution in [2.24, 2.45) is 5.28 Å². The lowest BCUT2D eigenvalue weighted by atomic mass is 9.99. The highest BCUT2D eigenvalue weighted by molar-refractivity contribution is 5.16. The molecule has 0 amide bonds. The Balaban J connectivity index is 2.42. The molecule has 0 spiro atoms. The summed E-state index contributed by atoms with van der Waals surface area (Å²) in [5.41, 5.74) is 5.88. The maximum absolute atomic E-state index is 11.9. The number of aromatic nitrogens is 2. The van der Waals surface area contributed by atoms with Crippen molar-refractivity contribution >= 4 is 0 Å². The van der Waals surface area contributed by atoms with Crippen LogP contribution in [-0.2, 0) is 9.57 Å². The Morgan fingerprint density at radius 1 is 1.77 bits per heavy atom. The predicted molar refractivity (Wildman–Crippen MR) is 73.5 cm³/mol. The number of hydrogen-bond acceptors (Lipinski definition) is 6. The van der Waals surface area contributed by atoms with Crippen molar-refractivity contribution in [3.05, 3.63) is 43.0 Å². The number of aliphatic hydroxyl groups is 1. The molecule has 1 aromatic rings. The molecule has 1 aliphatic heterocycles. The summed E-state index contributed by atoms with van der Waals surface area (Å²) in [5.74, 6) is 2.26. The maximum Gasteiger partial charge on any atom is 0.330 e. The van der Waals surface area contributed by atoms with Gasteiger partial charge in [0.1, 0.15) is 11.5 Å². The van der Waals surface area contributed by atoms with E-state index in [9.17, 15) is 14.7 Å². The van der Waals surface area contributed by atoms with E-state index in [0.717, 1.165) is 4.57 Å². The first-order valence-electron chi connectivity index (χ1n) is 6.26. The van der Waals surface area contributed by atoms with Gasteiger partial charge < -0.3 is 14.7 Å². The van der Waals surface area contributed by atoms with Crippen LogP contribution in [0.4, 0.5) is 0 Å². The topological polar surface area (TPSA) is 142 Å². The summed E-state index contributed by atoms with van der Waals surface area (Å²) in [6.07, 6.45) is 4.92. The van der Waals surface area contributed by atoms with Crippen LogP contribution in [0.1, 0.15) is 18.2 Å². The third-order valence-corrected chi connectivity index (χ3v) is 3.43. The second kappa shape index (κ2) is 5.95. The molecule has 22 heavy (non-hydrogen) atoms. The molecule has 2 rings (SSSR count).